The lowest BCUT2D eigenvalue weighted by molar-refractivity contribution is -0.119. The second-order valence-corrected chi connectivity index (χ2v) is 3.00. The molecule has 2 atom stereocenters. The fourth-order valence-corrected chi connectivity index (χ4v) is 1.41. The van der Waals surface area contributed by atoms with Crippen molar-refractivity contribution in [1.82, 2.24) is 4.90 Å². The zero-order valence-electron chi connectivity index (χ0n) is 7.06. The number of methoxy groups -OCH3 is 1. The average molecular weight is 174 g/mol. The normalized spacial score (nSPS) is 30.8. The van der Waals surface area contributed by atoms with Gasteiger partial charge in [0.1, 0.15) is 0 Å². The molecule has 5 heteroatoms. The van der Waals surface area contributed by atoms with Crippen LogP contribution in [0.15, 0.2) is 0 Å². The van der Waals surface area contributed by atoms with E-state index in [4.69, 9.17) is 10.5 Å². The number of nitrogens with two attached hydrogens (primary N) is 1. The molecule has 12 heavy (non-hydrogen) atoms. The number of aliphatic hydroxyl groups excluding tert-OH is 1. The first-order valence-electron chi connectivity index (χ1n) is 3.85. The summed E-state index contributed by atoms with van der Waals surface area (Å²) in [5.41, 5.74) is 5.00. The van der Waals surface area contributed by atoms with Crippen LogP contribution in [-0.2, 0) is 9.53 Å². The third kappa shape index (κ3) is 2.17. The number of carbonyl (C=O) groups excluding carboxylic acids is 1. The van der Waals surface area contributed by atoms with E-state index in [0.29, 0.717) is 13.1 Å². The molecule has 0 bridgehead atoms. The maximum Gasteiger partial charge on any atom is 0.231 e. The van der Waals surface area contributed by atoms with E-state index in [-0.39, 0.29) is 18.6 Å². The Balaban J connectivity index is 2.37. The van der Waals surface area contributed by atoms with Crippen molar-refractivity contribution in [3.63, 3.8) is 0 Å². The van der Waals surface area contributed by atoms with Gasteiger partial charge in [0.05, 0.1) is 18.8 Å². The number of nitrogens with zero attached hydrogens (tertiary/aromatic N) is 1. The number of hydrogen-bond donors (Lipinski definition) is 2. The first-order valence-corrected chi connectivity index (χ1v) is 3.85. The molecule has 0 aromatic rings. The average Bonchev–Trinajstić information content (AvgIpc) is 2.29. The van der Waals surface area contributed by atoms with Crippen LogP contribution in [0.1, 0.15) is 0 Å². The smallest absolute Gasteiger partial charge is 0.231 e. The number of hydrogen-bond acceptors (Lipinski definition) is 4. The highest BCUT2D eigenvalue weighted by atomic mass is 16.5. The van der Waals surface area contributed by atoms with E-state index in [0.717, 1.165) is 0 Å². The number of rotatable bonds is 3. The van der Waals surface area contributed by atoms with Crippen molar-refractivity contribution in [1.29, 1.82) is 0 Å². The fraction of sp³-hybridized carbons (Fsp3) is 0.857. The van der Waals surface area contributed by atoms with Crippen LogP contribution in [0.3, 0.4) is 0 Å². The van der Waals surface area contributed by atoms with Gasteiger partial charge in [-0.05, 0) is 0 Å². The van der Waals surface area contributed by atoms with E-state index in [2.05, 4.69) is 0 Å². The Hall–Kier alpha value is -0.650. The van der Waals surface area contributed by atoms with Gasteiger partial charge in [-0.3, -0.25) is 9.69 Å². The van der Waals surface area contributed by atoms with Gasteiger partial charge in [-0.1, -0.05) is 0 Å². The maximum absolute atomic E-state index is 10.5. The SMILES string of the molecule is CO[C@@H]1CN(CC(N)=O)C[C@H]1O. The van der Waals surface area contributed by atoms with Gasteiger partial charge in [0.25, 0.3) is 0 Å². The van der Waals surface area contributed by atoms with E-state index in [1.54, 1.807) is 12.0 Å². The van der Waals surface area contributed by atoms with E-state index in [1.165, 1.54) is 0 Å². The second-order valence-electron chi connectivity index (χ2n) is 3.00. The van der Waals surface area contributed by atoms with Gasteiger partial charge in [0.15, 0.2) is 0 Å². The lowest BCUT2D eigenvalue weighted by Crippen LogP contribution is -2.32. The van der Waals surface area contributed by atoms with Crippen molar-refractivity contribution in [2.75, 3.05) is 26.7 Å². The Morgan fingerprint density at radius 1 is 1.75 bits per heavy atom. The summed E-state index contributed by atoms with van der Waals surface area (Å²) in [5, 5.41) is 9.35. The van der Waals surface area contributed by atoms with E-state index < -0.39 is 6.10 Å². The van der Waals surface area contributed by atoms with Gasteiger partial charge in [0.2, 0.25) is 5.91 Å². The quantitative estimate of drug-likeness (QED) is 0.527. The fourth-order valence-electron chi connectivity index (χ4n) is 1.41. The molecule has 5 nitrogen and oxygen atoms in total. The van der Waals surface area contributed by atoms with Crippen molar-refractivity contribution in [2.24, 2.45) is 5.73 Å². The van der Waals surface area contributed by atoms with Crippen LogP contribution in [0.2, 0.25) is 0 Å². The molecular weight excluding hydrogens is 160 g/mol. The highest BCUT2D eigenvalue weighted by molar-refractivity contribution is 5.75. The number of ether oxygens (including phenoxy) is 1. The van der Waals surface area contributed by atoms with Crippen LogP contribution in [0, 0.1) is 0 Å². The highest BCUT2D eigenvalue weighted by Gasteiger charge is 2.31. The summed E-state index contributed by atoms with van der Waals surface area (Å²) in [4.78, 5) is 12.3. The largest absolute Gasteiger partial charge is 0.389 e. The molecule has 0 spiro atoms. The van der Waals surface area contributed by atoms with Crippen LogP contribution in [-0.4, -0.2) is 54.9 Å². The minimum Gasteiger partial charge on any atom is -0.389 e. The molecule has 0 aliphatic carbocycles. The van der Waals surface area contributed by atoms with Crippen LogP contribution in [0.4, 0.5) is 0 Å². The zero-order valence-corrected chi connectivity index (χ0v) is 7.06. The molecule has 1 saturated heterocycles. The van der Waals surface area contributed by atoms with Crippen LogP contribution < -0.4 is 5.73 Å². The van der Waals surface area contributed by atoms with Gasteiger partial charge < -0.3 is 15.6 Å². The van der Waals surface area contributed by atoms with Crippen molar-refractivity contribution in [3.8, 4) is 0 Å². The molecule has 70 valence electrons. The molecule has 1 fully saturated rings. The number of amides is 1. The Labute approximate surface area is 71.1 Å². The Kier molecular flexibility index (Phi) is 3.02. The van der Waals surface area contributed by atoms with Crippen molar-refractivity contribution in [2.45, 2.75) is 12.2 Å². The number of likely N-dealkylation sites (tertiary alicyclic amines) is 1. The Bertz CT molecular complexity index is 174. The lowest BCUT2D eigenvalue weighted by atomic mass is 10.3. The predicted octanol–water partition coefficient (Wildman–Crippen LogP) is -1.84. The van der Waals surface area contributed by atoms with Crippen molar-refractivity contribution < 1.29 is 14.6 Å². The summed E-state index contributed by atoms with van der Waals surface area (Å²) < 4.78 is 4.99. The first kappa shape index (κ1) is 9.44. The van der Waals surface area contributed by atoms with Crippen LogP contribution in [0.25, 0.3) is 0 Å². The monoisotopic (exact) mass is 174 g/mol. The van der Waals surface area contributed by atoms with E-state index >= 15 is 0 Å². The molecule has 1 aliphatic heterocycles. The minimum atomic E-state index is -0.505. The summed E-state index contributed by atoms with van der Waals surface area (Å²) in [5.74, 6) is -0.376. The molecule has 1 rings (SSSR count). The molecule has 1 amide bonds. The lowest BCUT2D eigenvalue weighted by Gasteiger charge is -2.11. The molecule has 0 saturated carbocycles. The molecule has 0 aromatic carbocycles. The van der Waals surface area contributed by atoms with Crippen molar-refractivity contribution >= 4 is 5.91 Å². The summed E-state index contributed by atoms with van der Waals surface area (Å²) in [6, 6.07) is 0. The van der Waals surface area contributed by atoms with Crippen molar-refractivity contribution in [3.05, 3.63) is 0 Å². The number of β-amino-alcohol motifs (C(OH)–C–C–N with tert-alkyl or cyclic N) is 1. The summed E-state index contributed by atoms with van der Waals surface area (Å²) in [7, 11) is 1.54. The van der Waals surface area contributed by atoms with Crippen LogP contribution in [0.5, 0.6) is 0 Å². The van der Waals surface area contributed by atoms with Gasteiger partial charge in [-0.15, -0.1) is 0 Å². The molecule has 1 aliphatic rings. The molecule has 3 N–H and O–H groups in total. The first-order chi connectivity index (χ1) is 5.63. The Morgan fingerprint density at radius 2 is 2.42 bits per heavy atom. The number of aliphatic hydroxyl groups is 1. The standard InChI is InChI=1S/C7H14N2O3/c1-12-6-3-9(2-5(6)10)4-7(8)11/h5-6,10H,2-4H2,1H3,(H2,8,11)/t5-,6-/m1/s1. The summed E-state index contributed by atoms with van der Waals surface area (Å²) in [6.07, 6.45) is -0.696. The molecule has 0 aromatic heterocycles. The predicted molar refractivity (Wildman–Crippen MR) is 42.4 cm³/mol. The van der Waals surface area contributed by atoms with Crippen LogP contribution >= 0.6 is 0 Å². The summed E-state index contributed by atoms with van der Waals surface area (Å²) >= 11 is 0. The number of primary amides is 1. The topological polar surface area (TPSA) is 75.8 Å². The van der Waals surface area contributed by atoms with Gasteiger partial charge in [-0.25, -0.2) is 0 Å². The number of carbonyl (C=O) groups is 1. The third-order valence-electron chi connectivity index (χ3n) is 1.99. The molecule has 0 unspecified atom stereocenters. The highest BCUT2D eigenvalue weighted by Crippen LogP contribution is 2.11. The third-order valence-corrected chi connectivity index (χ3v) is 1.99. The molecule has 0 radical (unpaired) electrons. The summed E-state index contributed by atoms with van der Waals surface area (Å²) in [6.45, 7) is 1.22. The minimum absolute atomic E-state index is 0.190. The van der Waals surface area contributed by atoms with Gasteiger partial charge >= 0.3 is 0 Å². The molecular formula is C7H14N2O3. The second kappa shape index (κ2) is 3.84. The van der Waals surface area contributed by atoms with Gasteiger partial charge in [0, 0.05) is 20.2 Å². The Morgan fingerprint density at radius 3 is 2.83 bits per heavy atom. The molecule has 1 heterocycles. The zero-order chi connectivity index (χ0) is 9.14. The van der Waals surface area contributed by atoms with E-state index in [9.17, 15) is 9.90 Å². The van der Waals surface area contributed by atoms with Gasteiger partial charge in [-0.2, -0.15) is 0 Å². The maximum atomic E-state index is 10.5. The van der Waals surface area contributed by atoms with E-state index in [1.807, 2.05) is 0 Å².